The quantitative estimate of drug-likeness (QED) is 0.401. The van der Waals surface area contributed by atoms with Crippen LogP contribution in [-0.4, -0.2) is 63.3 Å². The number of carbonyl (C=O) groups excluding carboxylic acids is 1. The average Bonchev–Trinajstić information content (AvgIpc) is 3.20. The largest absolute Gasteiger partial charge is 0.481 e. The molecule has 206 valence electrons. The predicted molar refractivity (Wildman–Crippen MR) is 129 cm³/mol. The molecular formula is C24H30ClF5N4O3. The van der Waals surface area contributed by atoms with E-state index in [9.17, 15) is 36.6 Å². The fourth-order valence-electron chi connectivity index (χ4n) is 4.35. The van der Waals surface area contributed by atoms with Crippen molar-refractivity contribution in [2.24, 2.45) is 0 Å². The smallest absolute Gasteiger partial charge is 0.417 e. The van der Waals surface area contributed by atoms with Crippen LogP contribution in [0.15, 0.2) is 30.3 Å². The molecule has 1 atom stereocenters. The van der Waals surface area contributed by atoms with E-state index in [4.69, 9.17) is 0 Å². The van der Waals surface area contributed by atoms with Crippen LogP contribution >= 0.6 is 12.4 Å². The van der Waals surface area contributed by atoms with Gasteiger partial charge in [0.2, 0.25) is 0 Å². The van der Waals surface area contributed by atoms with Crippen molar-refractivity contribution in [1.82, 2.24) is 20.0 Å². The molecule has 37 heavy (non-hydrogen) atoms. The van der Waals surface area contributed by atoms with Crippen LogP contribution in [0.3, 0.4) is 0 Å². The minimum absolute atomic E-state index is 0. The molecule has 1 amide bonds. The second-order valence-corrected chi connectivity index (χ2v) is 8.97. The molecule has 1 fully saturated rings. The van der Waals surface area contributed by atoms with E-state index in [1.165, 1.54) is 33.8 Å². The third-order valence-corrected chi connectivity index (χ3v) is 5.98. The molecule has 1 aromatic heterocycles. The molecule has 0 radical (unpaired) electrons. The lowest BCUT2D eigenvalue weighted by Crippen LogP contribution is -2.45. The zero-order chi connectivity index (χ0) is 26.5. The molecule has 0 saturated carbocycles. The van der Waals surface area contributed by atoms with Crippen molar-refractivity contribution in [2.75, 3.05) is 19.6 Å². The highest BCUT2D eigenvalue weighted by atomic mass is 35.5. The summed E-state index contributed by atoms with van der Waals surface area (Å²) in [4.78, 5) is 25.8. The molecule has 1 saturated heterocycles. The van der Waals surface area contributed by atoms with Gasteiger partial charge in [0.05, 0.1) is 24.2 Å². The second-order valence-electron chi connectivity index (χ2n) is 8.97. The van der Waals surface area contributed by atoms with E-state index >= 15 is 0 Å². The summed E-state index contributed by atoms with van der Waals surface area (Å²) < 4.78 is 69.4. The van der Waals surface area contributed by atoms with Gasteiger partial charge in [-0.1, -0.05) is 25.1 Å². The van der Waals surface area contributed by atoms with Crippen molar-refractivity contribution in [3.63, 3.8) is 0 Å². The Bertz CT molecular complexity index is 1080. The van der Waals surface area contributed by atoms with E-state index in [2.05, 4.69) is 10.4 Å². The summed E-state index contributed by atoms with van der Waals surface area (Å²) in [6.07, 6.45) is -4.26. The van der Waals surface area contributed by atoms with E-state index in [1.807, 2.05) is 6.92 Å². The van der Waals surface area contributed by atoms with Crippen molar-refractivity contribution < 1.29 is 36.6 Å². The van der Waals surface area contributed by atoms with Crippen LogP contribution in [0.25, 0.3) is 11.3 Å². The van der Waals surface area contributed by atoms with Crippen molar-refractivity contribution in [1.29, 1.82) is 0 Å². The third-order valence-electron chi connectivity index (χ3n) is 5.98. The van der Waals surface area contributed by atoms with Crippen molar-refractivity contribution in [2.45, 2.75) is 63.7 Å². The third kappa shape index (κ3) is 8.39. The molecule has 0 aliphatic carbocycles. The SMILES string of the molecule is CCCn1nc(C(=O)N[C@@H](CCN2CCCC(F)(F)C2)CC(=O)O)cc1-c1ccccc1C(F)(F)F.Cl. The van der Waals surface area contributed by atoms with Gasteiger partial charge in [0.15, 0.2) is 5.69 Å². The van der Waals surface area contributed by atoms with Crippen LogP contribution in [-0.2, 0) is 17.5 Å². The first-order chi connectivity index (χ1) is 16.9. The van der Waals surface area contributed by atoms with E-state index < -0.39 is 48.5 Å². The van der Waals surface area contributed by atoms with Gasteiger partial charge in [0.1, 0.15) is 0 Å². The van der Waals surface area contributed by atoms with Gasteiger partial charge >= 0.3 is 12.1 Å². The summed E-state index contributed by atoms with van der Waals surface area (Å²) in [6, 6.07) is 5.36. The van der Waals surface area contributed by atoms with E-state index in [1.54, 1.807) is 0 Å². The van der Waals surface area contributed by atoms with Gasteiger partial charge < -0.3 is 10.4 Å². The first kappa shape index (κ1) is 30.5. The van der Waals surface area contributed by atoms with Gasteiger partial charge in [-0.2, -0.15) is 18.3 Å². The van der Waals surface area contributed by atoms with Gasteiger partial charge in [0.25, 0.3) is 11.8 Å². The Hall–Kier alpha value is -2.73. The monoisotopic (exact) mass is 552 g/mol. The number of carboxylic acids is 1. The Morgan fingerprint density at radius 3 is 2.54 bits per heavy atom. The number of aromatic nitrogens is 2. The van der Waals surface area contributed by atoms with Crippen molar-refractivity contribution >= 4 is 24.3 Å². The van der Waals surface area contributed by atoms with E-state index in [-0.39, 0.29) is 55.3 Å². The fourth-order valence-corrected chi connectivity index (χ4v) is 4.35. The molecule has 2 heterocycles. The Kier molecular flexibility index (Phi) is 10.5. The summed E-state index contributed by atoms with van der Waals surface area (Å²) in [5, 5.41) is 16.0. The predicted octanol–water partition coefficient (Wildman–Crippen LogP) is 5.10. The van der Waals surface area contributed by atoms with Crippen LogP contribution in [0.1, 0.15) is 55.1 Å². The van der Waals surface area contributed by atoms with Gasteiger partial charge in [-0.05, 0) is 37.9 Å². The molecule has 7 nitrogen and oxygen atoms in total. The summed E-state index contributed by atoms with van der Waals surface area (Å²) in [5.74, 6) is -4.73. The number of hydrogen-bond acceptors (Lipinski definition) is 4. The number of amides is 1. The maximum absolute atomic E-state index is 13.7. The molecule has 1 aliphatic heterocycles. The summed E-state index contributed by atoms with van der Waals surface area (Å²) >= 11 is 0. The Morgan fingerprint density at radius 2 is 1.92 bits per heavy atom. The zero-order valence-corrected chi connectivity index (χ0v) is 21.0. The Morgan fingerprint density at radius 1 is 1.22 bits per heavy atom. The standard InChI is InChI=1S/C24H29F5N4O3.ClH/c1-2-10-33-20(17-6-3-4-7-18(17)24(27,28)29)14-19(31-33)22(36)30-16(13-21(34)35)8-12-32-11-5-9-23(25,26)15-32;/h3-4,6-7,14,16H,2,5,8-13,15H2,1H3,(H,30,36)(H,34,35);1H/t16-;/m0./s1. The number of aryl methyl sites for hydroxylation is 1. The normalized spacial score (nSPS) is 16.6. The van der Waals surface area contributed by atoms with Crippen LogP contribution in [0.2, 0.25) is 0 Å². The van der Waals surface area contributed by atoms with Crippen LogP contribution in [0.5, 0.6) is 0 Å². The molecule has 2 aromatic rings. The number of piperidine rings is 1. The van der Waals surface area contributed by atoms with E-state index in [0.29, 0.717) is 19.4 Å². The topological polar surface area (TPSA) is 87.5 Å². The number of nitrogens with one attached hydrogen (secondary N) is 1. The number of likely N-dealkylation sites (tertiary alicyclic amines) is 1. The number of carboxylic acid groups (broad SMARTS) is 1. The summed E-state index contributed by atoms with van der Waals surface area (Å²) in [5.41, 5.74) is -1.04. The average molecular weight is 553 g/mol. The Labute approximate surface area is 217 Å². The molecule has 13 heteroatoms. The number of halogens is 6. The van der Waals surface area contributed by atoms with Crippen LogP contribution < -0.4 is 5.32 Å². The first-order valence-corrected chi connectivity index (χ1v) is 11.8. The molecule has 0 spiro atoms. The highest BCUT2D eigenvalue weighted by molar-refractivity contribution is 5.94. The van der Waals surface area contributed by atoms with Gasteiger partial charge in [0, 0.05) is 31.1 Å². The minimum Gasteiger partial charge on any atom is -0.481 e. The zero-order valence-electron chi connectivity index (χ0n) is 20.2. The molecule has 0 bridgehead atoms. The van der Waals surface area contributed by atoms with Gasteiger partial charge in [-0.3, -0.25) is 19.2 Å². The van der Waals surface area contributed by atoms with Gasteiger partial charge in [-0.15, -0.1) is 12.4 Å². The summed E-state index contributed by atoms with van der Waals surface area (Å²) in [7, 11) is 0. The molecule has 1 aliphatic rings. The molecular weight excluding hydrogens is 523 g/mol. The molecule has 2 N–H and O–H groups in total. The van der Waals surface area contributed by atoms with Crippen molar-refractivity contribution in [3.8, 4) is 11.3 Å². The number of aliphatic carboxylic acids is 1. The van der Waals surface area contributed by atoms with Crippen LogP contribution in [0, 0.1) is 0 Å². The number of benzene rings is 1. The maximum Gasteiger partial charge on any atom is 0.417 e. The van der Waals surface area contributed by atoms with Gasteiger partial charge in [-0.25, -0.2) is 8.78 Å². The number of rotatable bonds is 10. The van der Waals surface area contributed by atoms with E-state index in [0.717, 1.165) is 6.07 Å². The number of carbonyl (C=O) groups is 2. The number of nitrogens with zero attached hydrogens (tertiary/aromatic N) is 3. The second kappa shape index (κ2) is 12.7. The highest BCUT2D eigenvalue weighted by Gasteiger charge is 2.36. The summed E-state index contributed by atoms with van der Waals surface area (Å²) in [6.45, 7) is 2.27. The maximum atomic E-state index is 13.7. The lowest BCUT2D eigenvalue weighted by Gasteiger charge is -2.33. The lowest BCUT2D eigenvalue weighted by atomic mass is 10.0. The lowest BCUT2D eigenvalue weighted by molar-refractivity contribution is -0.138. The Balaban J connectivity index is 0.00000481. The minimum atomic E-state index is -4.61. The fraction of sp³-hybridized carbons (Fsp3) is 0.542. The number of hydrogen-bond donors (Lipinski definition) is 2. The van der Waals surface area contributed by atoms with Crippen molar-refractivity contribution in [3.05, 3.63) is 41.6 Å². The molecule has 0 unspecified atom stereocenters. The highest BCUT2D eigenvalue weighted by Crippen LogP contribution is 2.37. The molecule has 3 rings (SSSR count). The molecule has 1 aromatic carbocycles. The number of alkyl halides is 5. The van der Waals surface area contributed by atoms with Crippen LogP contribution in [0.4, 0.5) is 22.0 Å². The first-order valence-electron chi connectivity index (χ1n) is 11.8.